The summed E-state index contributed by atoms with van der Waals surface area (Å²) in [4.78, 5) is 8.23. The van der Waals surface area contributed by atoms with Crippen molar-refractivity contribution in [1.82, 2.24) is 15.3 Å². The molecule has 0 radical (unpaired) electrons. The molecule has 0 fully saturated rings. The van der Waals surface area contributed by atoms with Crippen molar-refractivity contribution in [2.75, 3.05) is 6.54 Å². The Morgan fingerprint density at radius 2 is 1.81 bits per heavy atom. The van der Waals surface area contributed by atoms with Crippen molar-refractivity contribution >= 4 is 0 Å². The Balaban J connectivity index is 2.27. The quantitative estimate of drug-likeness (QED) is 0.719. The third-order valence-electron chi connectivity index (χ3n) is 4.36. The fraction of sp³-hybridized carbons (Fsp3) is 0.500. The molecule has 0 aliphatic rings. The second kappa shape index (κ2) is 7.41. The van der Waals surface area contributed by atoms with E-state index in [9.17, 15) is 0 Å². The lowest BCUT2D eigenvalue weighted by Gasteiger charge is -2.30. The SMILES string of the molecule is CCCNCc1cnc(C(CC)(CC)c2ccccc2)[nH]1. The molecule has 1 heterocycles. The van der Waals surface area contributed by atoms with Gasteiger partial charge in [-0.05, 0) is 31.4 Å². The lowest BCUT2D eigenvalue weighted by molar-refractivity contribution is 0.452. The minimum atomic E-state index is -0.00966. The largest absolute Gasteiger partial charge is 0.344 e. The second-order valence-electron chi connectivity index (χ2n) is 5.59. The minimum Gasteiger partial charge on any atom is -0.344 e. The summed E-state index contributed by atoms with van der Waals surface area (Å²) in [5.41, 5.74) is 2.50. The highest BCUT2D eigenvalue weighted by Gasteiger charge is 2.33. The number of hydrogen-bond acceptors (Lipinski definition) is 2. The van der Waals surface area contributed by atoms with Gasteiger partial charge in [0.25, 0.3) is 0 Å². The fourth-order valence-corrected chi connectivity index (χ4v) is 2.98. The zero-order valence-electron chi connectivity index (χ0n) is 13.4. The van der Waals surface area contributed by atoms with Crippen LogP contribution in [-0.4, -0.2) is 16.5 Å². The van der Waals surface area contributed by atoms with Crippen molar-refractivity contribution in [3.05, 3.63) is 53.6 Å². The van der Waals surface area contributed by atoms with Gasteiger partial charge in [0.2, 0.25) is 0 Å². The first kappa shape index (κ1) is 15.8. The molecular formula is C18H27N3. The standard InChI is InChI=1S/C18H27N3/c1-4-12-19-13-16-14-20-17(21-16)18(5-2,6-3)15-10-8-7-9-11-15/h7-11,14,19H,4-6,12-13H2,1-3H3,(H,20,21). The number of imidazole rings is 1. The number of rotatable bonds is 8. The van der Waals surface area contributed by atoms with Crippen LogP contribution in [0, 0.1) is 0 Å². The van der Waals surface area contributed by atoms with Gasteiger partial charge in [-0.1, -0.05) is 51.1 Å². The highest BCUT2D eigenvalue weighted by atomic mass is 15.0. The van der Waals surface area contributed by atoms with Crippen LogP contribution in [0.25, 0.3) is 0 Å². The molecule has 0 aliphatic heterocycles. The van der Waals surface area contributed by atoms with Crippen LogP contribution in [0.4, 0.5) is 0 Å². The van der Waals surface area contributed by atoms with Crippen LogP contribution >= 0.6 is 0 Å². The van der Waals surface area contributed by atoms with Gasteiger partial charge in [0, 0.05) is 18.4 Å². The number of benzene rings is 1. The molecule has 3 nitrogen and oxygen atoms in total. The number of aromatic nitrogens is 2. The maximum atomic E-state index is 4.69. The van der Waals surface area contributed by atoms with E-state index in [1.54, 1.807) is 0 Å². The van der Waals surface area contributed by atoms with E-state index in [4.69, 9.17) is 0 Å². The van der Waals surface area contributed by atoms with Crippen LogP contribution in [0.2, 0.25) is 0 Å². The third-order valence-corrected chi connectivity index (χ3v) is 4.36. The van der Waals surface area contributed by atoms with E-state index in [2.05, 4.69) is 66.4 Å². The number of nitrogens with one attached hydrogen (secondary N) is 2. The van der Waals surface area contributed by atoms with Gasteiger partial charge in [0.15, 0.2) is 0 Å². The van der Waals surface area contributed by atoms with Gasteiger partial charge in [-0.3, -0.25) is 0 Å². The first-order valence-corrected chi connectivity index (χ1v) is 8.07. The Hall–Kier alpha value is -1.61. The zero-order chi connectivity index (χ0) is 15.1. The Kier molecular flexibility index (Phi) is 5.57. The van der Waals surface area contributed by atoms with Crippen LogP contribution in [0.15, 0.2) is 36.5 Å². The Labute approximate surface area is 128 Å². The summed E-state index contributed by atoms with van der Waals surface area (Å²) in [6.45, 7) is 8.57. The molecule has 0 saturated heterocycles. The number of nitrogens with zero attached hydrogens (tertiary/aromatic N) is 1. The van der Waals surface area contributed by atoms with Crippen molar-refractivity contribution in [3.8, 4) is 0 Å². The van der Waals surface area contributed by atoms with Crippen molar-refractivity contribution < 1.29 is 0 Å². The molecule has 0 spiro atoms. The van der Waals surface area contributed by atoms with E-state index in [1.807, 2.05) is 6.20 Å². The predicted molar refractivity (Wildman–Crippen MR) is 88.4 cm³/mol. The molecule has 2 N–H and O–H groups in total. The zero-order valence-corrected chi connectivity index (χ0v) is 13.4. The molecule has 0 amide bonds. The van der Waals surface area contributed by atoms with Crippen molar-refractivity contribution in [1.29, 1.82) is 0 Å². The van der Waals surface area contributed by atoms with Gasteiger partial charge in [-0.15, -0.1) is 0 Å². The molecule has 2 rings (SSSR count). The van der Waals surface area contributed by atoms with Gasteiger partial charge in [0.05, 0.1) is 5.41 Å². The summed E-state index contributed by atoms with van der Waals surface area (Å²) in [6.07, 6.45) is 5.21. The van der Waals surface area contributed by atoms with Crippen molar-refractivity contribution in [3.63, 3.8) is 0 Å². The van der Waals surface area contributed by atoms with Gasteiger partial charge in [0.1, 0.15) is 5.82 Å². The minimum absolute atomic E-state index is 0.00966. The van der Waals surface area contributed by atoms with Gasteiger partial charge in [-0.25, -0.2) is 4.98 Å². The molecule has 1 aromatic carbocycles. The molecule has 2 aromatic rings. The lowest BCUT2D eigenvalue weighted by atomic mass is 9.75. The predicted octanol–water partition coefficient (Wildman–Crippen LogP) is 4.02. The summed E-state index contributed by atoms with van der Waals surface area (Å²) in [5.74, 6) is 1.09. The number of H-pyrrole nitrogens is 1. The van der Waals surface area contributed by atoms with Gasteiger partial charge in [-0.2, -0.15) is 0 Å². The maximum absolute atomic E-state index is 4.69. The van der Waals surface area contributed by atoms with Crippen LogP contribution in [0.3, 0.4) is 0 Å². The van der Waals surface area contributed by atoms with E-state index in [-0.39, 0.29) is 5.41 Å². The summed E-state index contributed by atoms with van der Waals surface area (Å²) in [5, 5.41) is 3.42. The molecule has 0 aliphatic carbocycles. The van der Waals surface area contributed by atoms with Gasteiger partial charge < -0.3 is 10.3 Å². The normalized spacial score (nSPS) is 11.8. The smallest absolute Gasteiger partial charge is 0.116 e. The Morgan fingerprint density at radius 3 is 2.43 bits per heavy atom. The van der Waals surface area contributed by atoms with E-state index >= 15 is 0 Å². The lowest BCUT2D eigenvalue weighted by Crippen LogP contribution is -2.27. The van der Waals surface area contributed by atoms with Crippen LogP contribution in [-0.2, 0) is 12.0 Å². The van der Waals surface area contributed by atoms with Crippen LogP contribution < -0.4 is 5.32 Å². The van der Waals surface area contributed by atoms with Crippen molar-refractivity contribution in [2.24, 2.45) is 0 Å². The summed E-state index contributed by atoms with van der Waals surface area (Å²) < 4.78 is 0. The van der Waals surface area contributed by atoms with E-state index in [1.165, 1.54) is 11.3 Å². The first-order chi connectivity index (χ1) is 10.3. The van der Waals surface area contributed by atoms with E-state index < -0.39 is 0 Å². The van der Waals surface area contributed by atoms with E-state index in [0.29, 0.717) is 0 Å². The highest BCUT2D eigenvalue weighted by Crippen LogP contribution is 2.36. The topological polar surface area (TPSA) is 40.7 Å². The molecule has 0 atom stereocenters. The van der Waals surface area contributed by atoms with E-state index in [0.717, 1.165) is 38.2 Å². The Bertz CT molecular complexity index is 526. The van der Waals surface area contributed by atoms with Crippen LogP contribution in [0.5, 0.6) is 0 Å². The molecular weight excluding hydrogens is 258 g/mol. The average molecular weight is 285 g/mol. The fourth-order valence-electron chi connectivity index (χ4n) is 2.98. The molecule has 0 saturated carbocycles. The van der Waals surface area contributed by atoms with Crippen LogP contribution in [0.1, 0.15) is 57.1 Å². The maximum Gasteiger partial charge on any atom is 0.116 e. The summed E-state index contributed by atoms with van der Waals surface area (Å²) in [7, 11) is 0. The first-order valence-electron chi connectivity index (χ1n) is 8.07. The molecule has 1 aromatic heterocycles. The number of aromatic amines is 1. The number of hydrogen-bond donors (Lipinski definition) is 2. The molecule has 3 heteroatoms. The monoisotopic (exact) mass is 285 g/mol. The Morgan fingerprint density at radius 1 is 1.10 bits per heavy atom. The highest BCUT2D eigenvalue weighted by molar-refractivity contribution is 5.33. The molecule has 0 unspecified atom stereocenters. The third kappa shape index (κ3) is 3.35. The van der Waals surface area contributed by atoms with Crippen molar-refractivity contribution in [2.45, 2.75) is 52.0 Å². The average Bonchev–Trinajstić information content (AvgIpc) is 3.00. The second-order valence-corrected chi connectivity index (χ2v) is 5.59. The summed E-state index contributed by atoms with van der Waals surface area (Å²) >= 11 is 0. The molecule has 21 heavy (non-hydrogen) atoms. The molecule has 114 valence electrons. The summed E-state index contributed by atoms with van der Waals surface area (Å²) in [6, 6.07) is 10.7. The van der Waals surface area contributed by atoms with Gasteiger partial charge >= 0.3 is 0 Å². The molecule has 0 bridgehead atoms.